The Hall–Kier alpha value is -0.690. The Morgan fingerprint density at radius 1 is 1.32 bits per heavy atom. The van der Waals surface area contributed by atoms with Crippen molar-refractivity contribution in [1.82, 2.24) is 4.90 Å². The van der Waals surface area contributed by atoms with Gasteiger partial charge in [-0.2, -0.15) is 0 Å². The lowest BCUT2D eigenvalue weighted by Gasteiger charge is -2.69. The average Bonchev–Trinajstić information content (AvgIpc) is 2.73. The molecule has 4 aliphatic carbocycles. The van der Waals surface area contributed by atoms with E-state index in [0.29, 0.717) is 12.8 Å². The number of esters is 1. The van der Waals surface area contributed by atoms with Crippen LogP contribution in [0.4, 0.5) is 0 Å². The molecule has 0 aromatic carbocycles. The minimum Gasteiger partial charge on any atom is -0.462 e. The third kappa shape index (κ3) is 1.68. The number of rotatable bonds is 2. The number of methoxy groups -OCH3 is 1. The molecule has 156 valence electrons. The maximum absolute atomic E-state index is 13.1. The normalized spacial score (nSPS) is 61.8. The predicted molar refractivity (Wildman–Crippen MR) is 100 cm³/mol. The second-order valence-electron chi connectivity index (χ2n) is 10.8. The van der Waals surface area contributed by atoms with E-state index in [0.717, 1.165) is 32.4 Å². The largest absolute Gasteiger partial charge is 0.462 e. The molecule has 0 aromatic rings. The Bertz CT molecular complexity index is 730. The van der Waals surface area contributed by atoms with Crippen molar-refractivity contribution in [3.8, 4) is 0 Å². The number of hydrogen-bond acceptors (Lipinski definition) is 6. The summed E-state index contributed by atoms with van der Waals surface area (Å²) in [7, 11) is 1.79. The van der Waals surface area contributed by atoms with Crippen LogP contribution in [0.15, 0.2) is 0 Å². The fourth-order valence-electron chi connectivity index (χ4n) is 9.64. The van der Waals surface area contributed by atoms with Crippen molar-refractivity contribution in [1.29, 1.82) is 0 Å². The maximum Gasteiger partial charge on any atom is 0.312 e. The van der Waals surface area contributed by atoms with Crippen LogP contribution in [0, 0.1) is 34.5 Å². The molecular weight excluding hydrogens is 358 g/mol. The molecule has 3 saturated heterocycles. The summed E-state index contributed by atoms with van der Waals surface area (Å²) in [4.78, 5) is 15.6. The van der Waals surface area contributed by atoms with Crippen molar-refractivity contribution in [2.24, 2.45) is 34.5 Å². The van der Waals surface area contributed by atoms with E-state index in [-0.39, 0.29) is 52.8 Å². The summed E-state index contributed by atoms with van der Waals surface area (Å²) in [5, 5.41) is 23.9. The third-order valence-corrected chi connectivity index (χ3v) is 10.1. The molecule has 7 aliphatic rings. The van der Waals surface area contributed by atoms with Crippen molar-refractivity contribution in [2.75, 3.05) is 20.2 Å². The first kappa shape index (κ1) is 18.1. The molecule has 0 aromatic heterocycles. The number of carbonyl (C=O) groups is 1. The standard InChI is InChI=1S/C22H33NO5/c1-4-23-10-20(2)7-6-13(27-3)22-12-9-11-5-8-21(26,14(12)19(25)28-11)15(18(22)23)16(24)17(20)22/h11-18,24,26H,4-10H2,1-3H3/t11-,12+,13?,14+,15?,16?,17+,18+,20-,21+,22?/m0/s1. The topological polar surface area (TPSA) is 79.2 Å². The van der Waals surface area contributed by atoms with Gasteiger partial charge in [0.2, 0.25) is 0 Å². The summed E-state index contributed by atoms with van der Waals surface area (Å²) in [6.45, 7) is 6.38. The number of fused-ring (bicyclic) bond motifs is 2. The molecule has 6 nitrogen and oxygen atoms in total. The van der Waals surface area contributed by atoms with E-state index < -0.39 is 17.6 Å². The SMILES string of the molecule is CCN1C[C@]2(C)CCC(OC)C34[C@@H]5C[C@@H]6CC[C@](O)(C(C(O)[C@@H]32)[C@@H]14)[C@H]5C(=O)O6. The lowest BCUT2D eigenvalue weighted by molar-refractivity contribution is -0.269. The zero-order chi connectivity index (χ0) is 19.6. The van der Waals surface area contributed by atoms with Crippen LogP contribution in [0.2, 0.25) is 0 Å². The quantitative estimate of drug-likeness (QED) is 0.689. The molecule has 3 heterocycles. The Morgan fingerprint density at radius 2 is 2.11 bits per heavy atom. The van der Waals surface area contributed by atoms with Gasteiger partial charge in [-0.05, 0) is 50.0 Å². The predicted octanol–water partition coefficient (Wildman–Crippen LogP) is 1.19. The first-order valence-corrected chi connectivity index (χ1v) is 11.2. The Labute approximate surface area is 166 Å². The number of aliphatic hydroxyl groups excluding tert-OH is 1. The highest BCUT2D eigenvalue weighted by atomic mass is 16.5. The molecule has 0 amide bonds. The minimum atomic E-state index is -1.17. The molecule has 4 unspecified atom stereocenters. The van der Waals surface area contributed by atoms with E-state index in [2.05, 4.69) is 18.7 Å². The van der Waals surface area contributed by atoms with Crippen molar-refractivity contribution < 1.29 is 24.5 Å². The van der Waals surface area contributed by atoms with Gasteiger partial charge in [-0.1, -0.05) is 13.8 Å². The number of piperidine rings is 1. The Balaban J connectivity index is 1.66. The highest BCUT2D eigenvalue weighted by Crippen LogP contribution is 2.77. The van der Waals surface area contributed by atoms with Gasteiger partial charge in [-0.25, -0.2) is 0 Å². The summed E-state index contributed by atoms with van der Waals surface area (Å²) in [5.41, 5.74) is -1.46. The van der Waals surface area contributed by atoms with Crippen LogP contribution in [0.25, 0.3) is 0 Å². The molecule has 3 aliphatic heterocycles. The summed E-state index contributed by atoms with van der Waals surface area (Å²) < 4.78 is 11.9. The van der Waals surface area contributed by atoms with E-state index >= 15 is 0 Å². The summed E-state index contributed by atoms with van der Waals surface area (Å²) in [5.74, 6) is -0.969. The van der Waals surface area contributed by atoms with Crippen LogP contribution >= 0.6 is 0 Å². The van der Waals surface area contributed by atoms with E-state index in [1.54, 1.807) is 7.11 Å². The van der Waals surface area contributed by atoms with Crippen molar-refractivity contribution in [3.05, 3.63) is 0 Å². The average molecular weight is 392 g/mol. The lowest BCUT2D eigenvalue weighted by atomic mass is 9.42. The number of hydrogen-bond donors (Lipinski definition) is 2. The fourth-order valence-corrected chi connectivity index (χ4v) is 9.64. The molecule has 2 N–H and O–H groups in total. The molecular formula is C22H33NO5. The first-order valence-electron chi connectivity index (χ1n) is 11.2. The molecule has 7 fully saturated rings. The van der Waals surface area contributed by atoms with Gasteiger partial charge in [-0.15, -0.1) is 0 Å². The zero-order valence-corrected chi connectivity index (χ0v) is 17.1. The Kier molecular flexibility index (Phi) is 3.44. The minimum absolute atomic E-state index is 0.0123. The van der Waals surface area contributed by atoms with Crippen LogP contribution in [-0.2, 0) is 14.3 Å². The van der Waals surface area contributed by atoms with Crippen LogP contribution in [-0.4, -0.2) is 71.2 Å². The second kappa shape index (κ2) is 5.32. The molecule has 0 radical (unpaired) electrons. The van der Waals surface area contributed by atoms with Gasteiger partial charge < -0.3 is 19.7 Å². The van der Waals surface area contributed by atoms with Crippen molar-refractivity contribution in [3.63, 3.8) is 0 Å². The zero-order valence-electron chi connectivity index (χ0n) is 17.1. The van der Waals surface area contributed by atoms with E-state index in [9.17, 15) is 15.0 Å². The molecule has 9 bridgehead atoms. The number of ether oxygens (including phenoxy) is 2. The number of nitrogens with zero attached hydrogens (tertiary/aromatic N) is 1. The van der Waals surface area contributed by atoms with E-state index in [1.165, 1.54) is 0 Å². The summed E-state index contributed by atoms with van der Waals surface area (Å²) in [6.07, 6.45) is 3.38. The van der Waals surface area contributed by atoms with Crippen LogP contribution < -0.4 is 0 Å². The van der Waals surface area contributed by atoms with E-state index in [1.807, 2.05) is 0 Å². The molecule has 4 saturated carbocycles. The fraction of sp³-hybridized carbons (Fsp3) is 0.955. The maximum atomic E-state index is 13.1. The monoisotopic (exact) mass is 391 g/mol. The second-order valence-corrected chi connectivity index (χ2v) is 10.8. The first-order chi connectivity index (χ1) is 13.3. The number of aliphatic hydroxyl groups is 2. The number of likely N-dealkylation sites (tertiary alicyclic amines) is 1. The van der Waals surface area contributed by atoms with Gasteiger partial charge in [0.25, 0.3) is 0 Å². The third-order valence-electron chi connectivity index (χ3n) is 10.1. The summed E-state index contributed by atoms with van der Waals surface area (Å²) in [6, 6.07) is 0.0757. The van der Waals surface area contributed by atoms with Gasteiger partial charge >= 0.3 is 5.97 Å². The molecule has 28 heavy (non-hydrogen) atoms. The smallest absolute Gasteiger partial charge is 0.312 e. The van der Waals surface area contributed by atoms with Gasteiger partial charge in [0, 0.05) is 36.9 Å². The van der Waals surface area contributed by atoms with Crippen molar-refractivity contribution in [2.45, 2.75) is 75.9 Å². The van der Waals surface area contributed by atoms with Crippen LogP contribution in [0.3, 0.4) is 0 Å². The summed E-state index contributed by atoms with van der Waals surface area (Å²) >= 11 is 0. The van der Waals surface area contributed by atoms with Crippen LogP contribution in [0.1, 0.15) is 46.0 Å². The van der Waals surface area contributed by atoms with Gasteiger partial charge in [0.05, 0.1) is 23.7 Å². The Morgan fingerprint density at radius 3 is 2.82 bits per heavy atom. The van der Waals surface area contributed by atoms with Gasteiger partial charge in [0.1, 0.15) is 6.10 Å². The molecule has 6 heteroatoms. The van der Waals surface area contributed by atoms with E-state index in [4.69, 9.17) is 9.47 Å². The van der Waals surface area contributed by atoms with Gasteiger partial charge in [-0.3, -0.25) is 9.69 Å². The molecule has 7 rings (SSSR count). The molecule has 11 atom stereocenters. The van der Waals surface area contributed by atoms with Crippen molar-refractivity contribution >= 4 is 5.97 Å². The van der Waals surface area contributed by atoms with Gasteiger partial charge in [0.15, 0.2) is 0 Å². The highest BCUT2D eigenvalue weighted by molar-refractivity contribution is 5.77. The number of carbonyl (C=O) groups excluding carboxylic acids is 1. The molecule has 1 spiro atoms. The highest BCUT2D eigenvalue weighted by Gasteiger charge is 2.84. The van der Waals surface area contributed by atoms with Crippen LogP contribution in [0.5, 0.6) is 0 Å². The lowest BCUT2D eigenvalue weighted by Crippen LogP contribution is -2.76.